The van der Waals surface area contributed by atoms with E-state index < -0.39 is 5.54 Å². The topological polar surface area (TPSA) is 40.6 Å². The van der Waals surface area contributed by atoms with Crippen molar-refractivity contribution in [3.05, 3.63) is 75.9 Å². The van der Waals surface area contributed by atoms with Gasteiger partial charge < -0.3 is 9.80 Å². The molecule has 0 aliphatic carbocycles. The van der Waals surface area contributed by atoms with Crippen LogP contribution < -0.4 is 0 Å². The van der Waals surface area contributed by atoms with Crippen molar-refractivity contribution in [1.29, 1.82) is 0 Å². The Morgan fingerprint density at radius 2 is 1.67 bits per heavy atom. The number of piperazine rings is 1. The van der Waals surface area contributed by atoms with Crippen molar-refractivity contribution >= 4 is 33.8 Å². The number of carbonyl (C=O) groups excluding carboxylic acids is 2. The van der Waals surface area contributed by atoms with Gasteiger partial charge in [-0.25, -0.2) is 0 Å². The minimum absolute atomic E-state index is 0.0777. The summed E-state index contributed by atoms with van der Waals surface area (Å²) < 4.78 is 0.881. The van der Waals surface area contributed by atoms with Gasteiger partial charge in [0.1, 0.15) is 11.2 Å². The Hall–Kier alpha value is -2.40. The third-order valence-corrected chi connectivity index (χ3v) is 5.81. The molecule has 140 valence electrons. The molecular weight excluding hydrogens is 404 g/mol. The van der Waals surface area contributed by atoms with Crippen molar-refractivity contribution in [1.82, 2.24) is 9.80 Å². The van der Waals surface area contributed by atoms with E-state index in [-0.39, 0.29) is 11.8 Å². The molecule has 0 N–H and O–H groups in total. The summed E-state index contributed by atoms with van der Waals surface area (Å²) in [5, 5.41) is 0. The van der Waals surface area contributed by atoms with Crippen molar-refractivity contribution in [2.24, 2.45) is 0 Å². The third-order valence-electron chi connectivity index (χ3n) is 5.09. The number of halogens is 1. The molecule has 0 radical (unpaired) electrons. The van der Waals surface area contributed by atoms with Gasteiger partial charge in [0, 0.05) is 24.5 Å². The quantitative estimate of drug-likeness (QED) is 0.690. The molecule has 2 aromatic rings. The molecule has 3 rings (SSSR count). The standard InChI is InChI=1S/C22H23BrN2O2/c1-4-25-20(26)19(14-17-12-8-9-13-18(17)23)24(3)21(27)22(25,2)15-16-10-6-5-7-11-16/h5-14H,4,15H2,1-3H3. The summed E-state index contributed by atoms with van der Waals surface area (Å²) in [5.74, 6) is -0.208. The van der Waals surface area contributed by atoms with Crippen LogP contribution in [0.25, 0.3) is 6.08 Å². The fraction of sp³-hybridized carbons (Fsp3) is 0.273. The number of carbonyl (C=O) groups is 2. The van der Waals surface area contributed by atoms with E-state index >= 15 is 0 Å². The van der Waals surface area contributed by atoms with E-state index in [1.165, 1.54) is 4.90 Å². The van der Waals surface area contributed by atoms with Crippen LogP contribution in [0.15, 0.2) is 64.8 Å². The van der Waals surface area contributed by atoms with Crippen molar-refractivity contribution in [3.8, 4) is 0 Å². The predicted octanol–water partition coefficient (Wildman–Crippen LogP) is 4.11. The van der Waals surface area contributed by atoms with Crippen molar-refractivity contribution in [2.75, 3.05) is 13.6 Å². The van der Waals surface area contributed by atoms with Crippen LogP contribution in [0.4, 0.5) is 0 Å². The number of hydrogen-bond acceptors (Lipinski definition) is 2. The maximum Gasteiger partial charge on any atom is 0.271 e. The number of hydrogen-bond donors (Lipinski definition) is 0. The first-order valence-corrected chi connectivity index (χ1v) is 9.78. The first-order chi connectivity index (χ1) is 12.9. The summed E-state index contributed by atoms with van der Waals surface area (Å²) in [6.07, 6.45) is 2.26. The highest BCUT2D eigenvalue weighted by molar-refractivity contribution is 9.10. The van der Waals surface area contributed by atoms with Crippen LogP contribution in [0, 0.1) is 0 Å². The molecule has 1 fully saturated rings. The largest absolute Gasteiger partial charge is 0.323 e. The van der Waals surface area contributed by atoms with Crippen molar-refractivity contribution in [3.63, 3.8) is 0 Å². The Bertz CT molecular complexity index is 894. The fourth-order valence-electron chi connectivity index (χ4n) is 3.65. The monoisotopic (exact) mass is 426 g/mol. The predicted molar refractivity (Wildman–Crippen MR) is 111 cm³/mol. The van der Waals surface area contributed by atoms with Gasteiger partial charge in [-0.3, -0.25) is 9.59 Å². The maximum absolute atomic E-state index is 13.3. The molecule has 1 aliphatic heterocycles. The average Bonchev–Trinajstić information content (AvgIpc) is 2.66. The van der Waals surface area contributed by atoms with Gasteiger partial charge in [-0.2, -0.15) is 0 Å². The zero-order chi connectivity index (χ0) is 19.6. The first kappa shape index (κ1) is 19.4. The number of likely N-dealkylation sites (N-methyl/N-ethyl adjacent to an activating group) is 2. The van der Waals surface area contributed by atoms with Crippen molar-refractivity contribution < 1.29 is 9.59 Å². The van der Waals surface area contributed by atoms with Crippen LogP contribution >= 0.6 is 15.9 Å². The minimum Gasteiger partial charge on any atom is -0.323 e. The Labute approximate surface area is 168 Å². The minimum atomic E-state index is -0.910. The summed E-state index contributed by atoms with van der Waals surface area (Å²) in [7, 11) is 1.68. The number of rotatable bonds is 4. The van der Waals surface area contributed by atoms with E-state index in [1.807, 2.05) is 68.4 Å². The lowest BCUT2D eigenvalue weighted by Gasteiger charge is -2.47. The Balaban J connectivity index is 2.02. The van der Waals surface area contributed by atoms with Crippen LogP contribution in [0.5, 0.6) is 0 Å². The van der Waals surface area contributed by atoms with Crippen LogP contribution in [-0.2, 0) is 16.0 Å². The molecule has 27 heavy (non-hydrogen) atoms. The highest BCUT2D eigenvalue weighted by Crippen LogP contribution is 2.33. The summed E-state index contributed by atoms with van der Waals surface area (Å²) >= 11 is 3.50. The van der Waals surface area contributed by atoms with Crippen LogP contribution in [0.1, 0.15) is 25.0 Å². The second-order valence-corrected chi connectivity index (χ2v) is 7.76. The molecule has 1 saturated heterocycles. The molecule has 1 aliphatic rings. The molecule has 2 amide bonds. The maximum atomic E-state index is 13.3. The van der Waals surface area contributed by atoms with Crippen LogP contribution in [0.2, 0.25) is 0 Å². The third kappa shape index (κ3) is 3.56. The Kier molecular flexibility index (Phi) is 5.51. The zero-order valence-corrected chi connectivity index (χ0v) is 17.4. The Morgan fingerprint density at radius 3 is 2.30 bits per heavy atom. The van der Waals surface area contributed by atoms with Gasteiger partial charge in [0.25, 0.3) is 11.8 Å². The van der Waals surface area contributed by atoms with Crippen LogP contribution in [0.3, 0.4) is 0 Å². The smallest absolute Gasteiger partial charge is 0.271 e. The van der Waals surface area contributed by atoms with Gasteiger partial charge in [-0.1, -0.05) is 64.5 Å². The second kappa shape index (κ2) is 7.69. The van der Waals surface area contributed by atoms with Crippen molar-refractivity contribution in [2.45, 2.75) is 25.8 Å². The lowest BCUT2D eigenvalue weighted by molar-refractivity contribution is -0.157. The lowest BCUT2D eigenvalue weighted by Crippen LogP contribution is -2.65. The molecule has 0 saturated carbocycles. The van der Waals surface area contributed by atoms with E-state index in [0.717, 1.165) is 15.6 Å². The van der Waals surface area contributed by atoms with Gasteiger partial charge in [-0.15, -0.1) is 0 Å². The van der Waals surface area contributed by atoms with Crippen LogP contribution in [-0.4, -0.2) is 40.7 Å². The highest BCUT2D eigenvalue weighted by atomic mass is 79.9. The van der Waals surface area contributed by atoms with Gasteiger partial charge in [-0.05, 0) is 37.1 Å². The molecule has 1 atom stereocenters. The molecule has 4 nitrogen and oxygen atoms in total. The average molecular weight is 427 g/mol. The SMILES string of the molecule is CCN1C(=O)C(=Cc2ccccc2Br)N(C)C(=O)C1(C)Cc1ccccc1. The summed E-state index contributed by atoms with van der Waals surface area (Å²) in [4.78, 5) is 29.8. The number of nitrogens with zero attached hydrogens (tertiary/aromatic N) is 2. The molecular formula is C22H23BrN2O2. The number of benzene rings is 2. The van der Waals surface area contributed by atoms with E-state index in [4.69, 9.17) is 0 Å². The lowest BCUT2D eigenvalue weighted by atomic mass is 9.86. The highest BCUT2D eigenvalue weighted by Gasteiger charge is 2.49. The van der Waals surface area contributed by atoms with E-state index in [0.29, 0.717) is 18.7 Å². The summed E-state index contributed by atoms with van der Waals surface area (Å²) in [6.45, 7) is 4.24. The van der Waals surface area contributed by atoms with Gasteiger partial charge in [0.2, 0.25) is 0 Å². The second-order valence-electron chi connectivity index (χ2n) is 6.90. The van der Waals surface area contributed by atoms with Gasteiger partial charge >= 0.3 is 0 Å². The molecule has 1 unspecified atom stereocenters. The number of amides is 2. The van der Waals surface area contributed by atoms with E-state index in [1.54, 1.807) is 18.0 Å². The van der Waals surface area contributed by atoms with Gasteiger partial charge in [0.05, 0.1) is 0 Å². The van der Waals surface area contributed by atoms with Gasteiger partial charge in [0.15, 0.2) is 0 Å². The molecule has 1 heterocycles. The van der Waals surface area contributed by atoms with E-state index in [9.17, 15) is 9.59 Å². The summed E-state index contributed by atoms with van der Waals surface area (Å²) in [6, 6.07) is 17.5. The molecule has 0 spiro atoms. The molecule has 0 bridgehead atoms. The molecule has 5 heteroatoms. The van der Waals surface area contributed by atoms with E-state index in [2.05, 4.69) is 15.9 Å². The normalized spacial score (nSPS) is 21.9. The fourth-order valence-corrected chi connectivity index (χ4v) is 4.05. The molecule has 0 aromatic heterocycles. The Morgan fingerprint density at radius 1 is 1.04 bits per heavy atom. The first-order valence-electron chi connectivity index (χ1n) is 8.98. The molecule has 2 aromatic carbocycles. The zero-order valence-electron chi connectivity index (χ0n) is 15.8. The summed E-state index contributed by atoms with van der Waals surface area (Å²) in [5.41, 5.74) is 1.38.